The zero-order valence-corrected chi connectivity index (χ0v) is 13.3. The average molecular weight is 312 g/mol. The average Bonchev–Trinajstić information content (AvgIpc) is 3.16. The molecule has 0 atom stereocenters. The van der Waals surface area contributed by atoms with Gasteiger partial charge in [0.15, 0.2) is 0 Å². The summed E-state index contributed by atoms with van der Waals surface area (Å²) in [4.78, 5) is 16.9. The molecule has 3 rings (SSSR count). The molecule has 0 fully saturated rings. The van der Waals surface area contributed by atoms with Crippen LogP contribution in [0.15, 0.2) is 30.5 Å². The van der Waals surface area contributed by atoms with Crippen molar-refractivity contribution in [2.24, 2.45) is 0 Å². The normalized spacial score (nSPS) is 11.3. The lowest BCUT2D eigenvalue weighted by Crippen LogP contribution is -2.30. The van der Waals surface area contributed by atoms with Gasteiger partial charge < -0.3 is 9.88 Å². The van der Waals surface area contributed by atoms with Gasteiger partial charge in [0.05, 0.1) is 22.9 Å². The summed E-state index contributed by atoms with van der Waals surface area (Å²) >= 11 is 0. The second-order valence-corrected chi connectivity index (χ2v) is 5.76. The molecule has 1 amide bonds. The molecule has 0 radical (unpaired) electrons. The maximum absolute atomic E-state index is 12.3. The van der Waals surface area contributed by atoms with Crippen molar-refractivity contribution >= 4 is 16.9 Å². The molecular formula is C16H20N6O. The van der Waals surface area contributed by atoms with Crippen LogP contribution in [0, 0.1) is 0 Å². The van der Waals surface area contributed by atoms with E-state index in [0.717, 1.165) is 22.6 Å². The summed E-state index contributed by atoms with van der Waals surface area (Å²) in [6, 6.07) is 7.89. The number of hydrogen-bond acceptors (Lipinski definition) is 4. The van der Waals surface area contributed by atoms with Crippen molar-refractivity contribution in [2.45, 2.75) is 32.7 Å². The minimum atomic E-state index is -0.0291. The predicted molar refractivity (Wildman–Crippen MR) is 86.9 cm³/mol. The summed E-state index contributed by atoms with van der Waals surface area (Å²) in [6.45, 7) is 4.97. The lowest BCUT2D eigenvalue weighted by atomic mass is 10.2. The molecule has 7 nitrogen and oxygen atoms in total. The van der Waals surface area contributed by atoms with Crippen LogP contribution in [0.1, 0.15) is 31.3 Å². The highest BCUT2D eigenvalue weighted by Crippen LogP contribution is 2.21. The molecule has 0 aliphatic heterocycles. The Bertz CT molecular complexity index is 790. The number of aromatic amines is 1. The van der Waals surface area contributed by atoms with Crippen molar-refractivity contribution in [3.05, 3.63) is 42.0 Å². The fourth-order valence-corrected chi connectivity index (χ4v) is 2.58. The number of amides is 1. The number of H-pyrrole nitrogens is 1. The minimum Gasteiger partial charge on any atom is -0.354 e. The summed E-state index contributed by atoms with van der Waals surface area (Å²) in [5, 5.41) is 13.2. The lowest BCUT2D eigenvalue weighted by molar-refractivity contribution is -0.121. The number of para-hydroxylation sites is 2. The van der Waals surface area contributed by atoms with Gasteiger partial charge in [-0.3, -0.25) is 4.79 Å². The maximum atomic E-state index is 12.3. The van der Waals surface area contributed by atoms with Gasteiger partial charge in [0.1, 0.15) is 12.4 Å². The Kier molecular flexibility index (Phi) is 4.36. The fourth-order valence-electron chi connectivity index (χ4n) is 2.58. The third-order valence-corrected chi connectivity index (χ3v) is 3.67. The molecule has 120 valence electrons. The smallest absolute Gasteiger partial charge is 0.240 e. The third-order valence-electron chi connectivity index (χ3n) is 3.67. The number of nitrogens with one attached hydrogen (secondary N) is 2. The van der Waals surface area contributed by atoms with E-state index in [1.54, 1.807) is 6.20 Å². The van der Waals surface area contributed by atoms with E-state index >= 15 is 0 Å². The Balaban J connectivity index is 1.70. The first-order valence-electron chi connectivity index (χ1n) is 7.71. The van der Waals surface area contributed by atoms with E-state index in [1.165, 1.54) is 0 Å². The zero-order valence-electron chi connectivity index (χ0n) is 13.3. The van der Waals surface area contributed by atoms with Gasteiger partial charge in [-0.2, -0.15) is 15.4 Å². The van der Waals surface area contributed by atoms with Crippen molar-refractivity contribution < 1.29 is 4.79 Å². The number of aromatic nitrogens is 5. The van der Waals surface area contributed by atoms with Crippen molar-refractivity contribution in [1.82, 2.24) is 30.3 Å². The van der Waals surface area contributed by atoms with E-state index in [1.807, 2.05) is 28.8 Å². The van der Waals surface area contributed by atoms with Gasteiger partial charge in [-0.25, -0.2) is 4.98 Å². The van der Waals surface area contributed by atoms with Crippen LogP contribution in [-0.2, 0) is 17.8 Å². The van der Waals surface area contributed by atoms with Crippen LogP contribution in [0.2, 0.25) is 0 Å². The van der Waals surface area contributed by atoms with Crippen LogP contribution >= 0.6 is 0 Å². The van der Waals surface area contributed by atoms with E-state index in [0.29, 0.717) is 13.0 Å². The Morgan fingerprint density at radius 2 is 2.17 bits per heavy atom. The molecule has 0 aliphatic carbocycles. The second kappa shape index (κ2) is 6.60. The van der Waals surface area contributed by atoms with E-state index in [-0.39, 0.29) is 18.4 Å². The lowest BCUT2D eigenvalue weighted by Gasteiger charge is -2.11. The Morgan fingerprint density at radius 3 is 2.91 bits per heavy atom. The fraction of sp³-hybridized carbons (Fsp3) is 0.375. The number of carbonyl (C=O) groups is 1. The molecular weight excluding hydrogens is 292 g/mol. The van der Waals surface area contributed by atoms with Crippen molar-refractivity contribution in [3.8, 4) is 0 Å². The quantitative estimate of drug-likeness (QED) is 0.724. The van der Waals surface area contributed by atoms with Crippen LogP contribution < -0.4 is 5.32 Å². The molecule has 7 heteroatoms. The molecule has 1 aromatic carbocycles. The van der Waals surface area contributed by atoms with Crippen molar-refractivity contribution in [1.29, 1.82) is 0 Å². The van der Waals surface area contributed by atoms with Gasteiger partial charge in [-0.15, -0.1) is 0 Å². The van der Waals surface area contributed by atoms with E-state index < -0.39 is 0 Å². The number of rotatable bonds is 6. The molecule has 2 N–H and O–H groups in total. The number of imidazole rings is 1. The Morgan fingerprint density at radius 1 is 1.35 bits per heavy atom. The number of carbonyl (C=O) groups excluding carboxylic acids is 1. The van der Waals surface area contributed by atoms with Crippen LogP contribution in [0.3, 0.4) is 0 Å². The molecule has 0 spiro atoms. The summed E-state index contributed by atoms with van der Waals surface area (Å²) in [7, 11) is 0. The molecule has 2 aromatic heterocycles. The summed E-state index contributed by atoms with van der Waals surface area (Å²) < 4.78 is 1.99. The molecule has 2 heterocycles. The van der Waals surface area contributed by atoms with Crippen LogP contribution in [-0.4, -0.2) is 37.4 Å². The van der Waals surface area contributed by atoms with Gasteiger partial charge in [0.2, 0.25) is 5.91 Å². The highest BCUT2D eigenvalue weighted by Gasteiger charge is 2.15. The highest BCUT2D eigenvalue weighted by atomic mass is 16.1. The van der Waals surface area contributed by atoms with E-state index in [9.17, 15) is 4.79 Å². The minimum absolute atomic E-state index is 0.0291. The number of benzene rings is 1. The first-order chi connectivity index (χ1) is 11.1. The van der Waals surface area contributed by atoms with Crippen LogP contribution in [0.4, 0.5) is 0 Å². The summed E-state index contributed by atoms with van der Waals surface area (Å²) in [5.41, 5.74) is 2.75. The second-order valence-electron chi connectivity index (χ2n) is 5.76. The largest absolute Gasteiger partial charge is 0.354 e. The van der Waals surface area contributed by atoms with Gasteiger partial charge in [-0.1, -0.05) is 26.0 Å². The molecule has 0 unspecified atom stereocenters. The molecule has 0 saturated carbocycles. The number of fused-ring (bicyclic) bond motifs is 1. The summed E-state index contributed by atoms with van der Waals surface area (Å²) in [6.07, 6.45) is 2.32. The maximum Gasteiger partial charge on any atom is 0.240 e. The van der Waals surface area contributed by atoms with Crippen LogP contribution in [0.5, 0.6) is 0 Å². The SMILES string of the molecule is CC(C)c1nc2ccccc2n1CC(=O)NCCc1cn[nH]n1. The third kappa shape index (κ3) is 3.39. The molecule has 0 bridgehead atoms. The number of nitrogens with zero attached hydrogens (tertiary/aromatic N) is 4. The zero-order chi connectivity index (χ0) is 16.2. The monoisotopic (exact) mass is 312 g/mol. The predicted octanol–water partition coefficient (Wildman–Crippen LogP) is 1.64. The van der Waals surface area contributed by atoms with Gasteiger partial charge in [0.25, 0.3) is 0 Å². The van der Waals surface area contributed by atoms with Crippen molar-refractivity contribution in [2.75, 3.05) is 6.54 Å². The van der Waals surface area contributed by atoms with E-state index in [2.05, 4.69) is 39.6 Å². The van der Waals surface area contributed by atoms with Gasteiger partial charge in [-0.05, 0) is 12.1 Å². The van der Waals surface area contributed by atoms with E-state index in [4.69, 9.17) is 0 Å². The Hall–Kier alpha value is -2.70. The Labute approximate surface area is 134 Å². The molecule has 0 aliphatic rings. The first kappa shape index (κ1) is 15.2. The van der Waals surface area contributed by atoms with Gasteiger partial charge in [0, 0.05) is 18.9 Å². The molecule has 23 heavy (non-hydrogen) atoms. The topological polar surface area (TPSA) is 88.5 Å². The number of hydrogen-bond donors (Lipinski definition) is 2. The molecule has 3 aromatic rings. The summed E-state index contributed by atoms with van der Waals surface area (Å²) in [5.74, 6) is 1.15. The highest BCUT2D eigenvalue weighted by molar-refractivity contribution is 5.81. The van der Waals surface area contributed by atoms with Crippen molar-refractivity contribution in [3.63, 3.8) is 0 Å². The van der Waals surface area contributed by atoms with Crippen LogP contribution in [0.25, 0.3) is 11.0 Å². The van der Waals surface area contributed by atoms with Gasteiger partial charge >= 0.3 is 0 Å². The standard InChI is InChI=1S/C16H20N6O/c1-11(2)16-19-13-5-3-4-6-14(13)22(16)10-15(23)17-8-7-12-9-18-21-20-12/h3-6,9,11H,7-8,10H2,1-2H3,(H,17,23)(H,18,20,21). The first-order valence-corrected chi connectivity index (χ1v) is 7.71. The molecule has 0 saturated heterocycles.